The highest BCUT2D eigenvalue weighted by Gasteiger charge is 2.20. The number of rotatable bonds is 2. The topological polar surface area (TPSA) is 23.0 Å². The maximum Gasteiger partial charge on any atom is 0.137 e. The molecule has 6 aromatic carbocycles. The van der Waals surface area contributed by atoms with Gasteiger partial charge in [-0.05, 0) is 42.5 Å². The molecular weight excluding hydrogens is 476 g/mol. The van der Waals surface area contributed by atoms with Crippen molar-refractivity contribution in [2.45, 2.75) is 0 Å². The van der Waals surface area contributed by atoms with E-state index < -0.39 is 0 Å². The molecule has 0 aliphatic rings. The Kier molecular flexibility index (Phi) is 4.05. The summed E-state index contributed by atoms with van der Waals surface area (Å²) in [6.45, 7) is 0. The molecule has 9 rings (SSSR count). The summed E-state index contributed by atoms with van der Waals surface area (Å²) in [7, 11) is 0. The average molecular weight is 499 g/mol. The highest BCUT2D eigenvalue weighted by molar-refractivity contribution is 6.15. The molecule has 0 amide bonds. The van der Waals surface area contributed by atoms with E-state index in [1.807, 2.05) is 12.1 Å². The van der Waals surface area contributed by atoms with Crippen LogP contribution in [0.3, 0.4) is 0 Å². The Bertz CT molecular complexity index is 2350. The molecule has 0 N–H and O–H groups in total. The predicted molar refractivity (Wildman–Crippen MR) is 162 cm³/mol. The second-order valence-electron chi connectivity index (χ2n) is 10.2. The predicted octanol–water partition coefficient (Wildman–Crippen LogP) is 9.78. The molecule has 3 heteroatoms. The maximum atomic E-state index is 6.31. The molecule has 0 unspecified atom stereocenters. The van der Waals surface area contributed by atoms with Crippen LogP contribution in [0.25, 0.3) is 76.9 Å². The molecule has 0 fully saturated rings. The minimum atomic E-state index is 0.897. The number of hydrogen-bond acceptors (Lipinski definition) is 1. The van der Waals surface area contributed by atoms with E-state index >= 15 is 0 Å². The first-order valence-corrected chi connectivity index (χ1v) is 13.3. The fourth-order valence-electron chi connectivity index (χ4n) is 6.48. The van der Waals surface area contributed by atoms with Gasteiger partial charge in [0.25, 0.3) is 0 Å². The number of nitrogens with zero attached hydrogens (tertiary/aromatic N) is 2. The van der Waals surface area contributed by atoms with E-state index in [4.69, 9.17) is 4.42 Å². The van der Waals surface area contributed by atoms with Gasteiger partial charge < -0.3 is 13.6 Å². The van der Waals surface area contributed by atoms with E-state index in [0.29, 0.717) is 0 Å². The summed E-state index contributed by atoms with van der Waals surface area (Å²) in [5.74, 6) is 0. The van der Waals surface area contributed by atoms with Crippen LogP contribution in [0, 0.1) is 0 Å². The Morgan fingerprint density at radius 1 is 0.385 bits per heavy atom. The van der Waals surface area contributed by atoms with Crippen LogP contribution in [-0.2, 0) is 0 Å². The van der Waals surface area contributed by atoms with Crippen molar-refractivity contribution in [3.63, 3.8) is 0 Å². The number of hydrogen-bond donors (Lipinski definition) is 0. The van der Waals surface area contributed by atoms with Gasteiger partial charge in [-0.2, -0.15) is 0 Å². The van der Waals surface area contributed by atoms with Gasteiger partial charge >= 0.3 is 0 Å². The van der Waals surface area contributed by atoms with Crippen molar-refractivity contribution < 1.29 is 4.42 Å². The first-order chi connectivity index (χ1) is 19.4. The summed E-state index contributed by atoms with van der Waals surface area (Å²) >= 11 is 0. The van der Waals surface area contributed by atoms with Gasteiger partial charge in [0.1, 0.15) is 11.2 Å². The van der Waals surface area contributed by atoms with Crippen molar-refractivity contribution in [3.8, 4) is 11.4 Å². The monoisotopic (exact) mass is 498 g/mol. The quantitative estimate of drug-likeness (QED) is 0.233. The van der Waals surface area contributed by atoms with Crippen molar-refractivity contribution in [3.05, 3.63) is 133 Å². The van der Waals surface area contributed by atoms with E-state index in [9.17, 15) is 0 Å². The van der Waals surface area contributed by atoms with Gasteiger partial charge in [0.15, 0.2) is 0 Å². The maximum absolute atomic E-state index is 6.31. The summed E-state index contributed by atoms with van der Waals surface area (Å²) in [6.07, 6.45) is 0. The molecule has 0 spiro atoms. The largest absolute Gasteiger partial charge is 0.456 e. The second-order valence-corrected chi connectivity index (χ2v) is 10.2. The lowest BCUT2D eigenvalue weighted by Gasteiger charge is -2.14. The number of furan rings is 1. The Balaban J connectivity index is 1.45. The third-order valence-corrected chi connectivity index (χ3v) is 8.11. The lowest BCUT2D eigenvalue weighted by atomic mass is 10.1. The second kappa shape index (κ2) is 7.62. The summed E-state index contributed by atoms with van der Waals surface area (Å²) in [5, 5.41) is 7.27. The van der Waals surface area contributed by atoms with Crippen LogP contribution in [0.15, 0.2) is 138 Å². The summed E-state index contributed by atoms with van der Waals surface area (Å²) in [5.41, 5.74) is 8.82. The number of benzene rings is 6. The zero-order chi connectivity index (χ0) is 25.5. The summed E-state index contributed by atoms with van der Waals surface area (Å²) < 4.78 is 11.1. The third-order valence-electron chi connectivity index (χ3n) is 8.11. The van der Waals surface area contributed by atoms with Crippen LogP contribution in [0.5, 0.6) is 0 Å². The molecule has 0 saturated heterocycles. The zero-order valence-corrected chi connectivity index (χ0v) is 21.0. The van der Waals surface area contributed by atoms with Crippen LogP contribution < -0.4 is 0 Å². The molecule has 182 valence electrons. The van der Waals surface area contributed by atoms with Crippen molar-refractivity contribution in [1.29, 1.82) is 0 Å². The first kappa shape index (κ1) is 20.7. The summed E-state index contributed by atoms with van der Waals surface area (Å²) in [4.78, 5) is 0. The molecule has 0 saturated carbocycles. The minimum absolute atomic E-state index is 0.897. The van der Waals surface area contributed by atoms with E-state index in [2.05, 4.69) is 130 Å². The Morgan fingerprint density at radius 3 is 1.64 bits per heavy atom. The van der Waals surface area contributed by atoms with Gasteiger partial charge in [-0.1, -0.05) is 84.9 Å². The lowest BCUT2D eigenvalue weighted by molar-refractivity contribution is 0.668. The molecule has 39 heavy (non-hydrogen) atoms. The molecule has 0 bridgehead atoms. The SMILES string of the molecule is c1ccc2c(c1)oc1cc(-n3c4ccccc4c4cccc(-n5c6ccccc6c6ccccc65)c43)ccc12. The van der Waals surface area contributed by atoms with E-state index in [1.54, 1.807) is 0 Å². The van der Waals surface area contributed by atoms with Crippen LogP contribution in [-0.4, -0.2) is 9.13 Å². The van der Waals surface area contributed by atoms with Crippen LogP contribution in [0.2, 0.25) is 0 Å². The van der Waals surface area contributed by atoms with Crippen molar-refractivity contribution in [2.24, 2.45) is 0 Å². The van der Waals surface area contributed by atoms with E-state index in [-0.39, 0.29) is 0 Å². The molecule has 3 aromatic heterocycles. The number of fused-ring (bicyclic) bond motifs is 9. The molecule has 0 aliphatic carbocycles. The van der Waals surface area contributed by atoms with Gasteiger partial charge in [0, 0.05) is 38.4 Å². The molecule has 9 aromatic rings. The Labute approximate surface area is 223 Å². The van der Waals surface area contributed by atoms with Gasteiger partial charge in [0.2, 0.25) is 0 Å². The first-order valence-electron chi connectivity index (χ1n) is 13.3. The molecule has 3 heterocycles. The lowest BCUT2D eigenvalue weighted by Crippen LogP contribution is -2.00. The van der Waals surface area contributed by atoms with Crippen molar-refractivity contribution in [1.82, 2.24) is 9.13 Å². The minimum Gasteiger partial charge on any atom is -0.456 e. The summed E-state index contributed by atoms with van der Waals surface area (Å²) in [6, 6.07) is 47.6. The van der Waals surface area contributed by atoms with Gasteiger partial charge in [0.05, 0.1) is 33.4 Å². The molecule has 0 aliphatic heterocycles. The third kappa shape index (κ3) is 2.76. The van der Waals surface area contributed by atoms with Crippen LogP contribution >= 0.6 is 0 Å². The smallest absolute Gasteiger partial charge is 0.137 e. The Morgan fingerprint density at radius 2 is 0.923 bits per heavy atom. The average Bonchev–Trinajstić information content (AvgIpc) is 3.64. The highest BCUT2D eigenvalue weighted by atomic mass is 16.3. The van der Waals surface area contributed by atoms with E-state index in [0.717, 1.165) is 33.3 Å². The van der Waals surface area contributed by atoms with Crippen molar-refractivity contribution in [2.75, 3.05) is 0 Å². The van der Waals surface area contributed by atoms with E-state index in [1.165, 1.54) is 43.6 Å². The van der Waals surface area contributed by atoms with Crippen LogP contribution in [0.1, 0.15) is 0 Å². The zero-order valence-electron chi connectivity index (χ0n) is 21.0. The Hall–Kier alpha value is -5.28. The number of para-hydroxylation sites is 5. The van der Waals surface area contributed by atoms with Gasteiger partial charge in [-0.3, -0.25) is 0 Å². The number of aromatic nitrogens is 2. The highest BCUT2D eigenvalue weighted by Crippen LogP contribution is 2.40. The fourth-order valence-corrected chi connectivity index (χ4v) is 6.48. The standard InChI is InChI=1S/C36H22N2O/c1-6-16-31-24(10-1)25-11-2-7-17-32(25)38(31)33-18-9-14-29-26-12-3-5-15-30(26)37(36(29)33)23-20-21-28-27-13-4-8-19-34(27)39-35(28)22-23/h1-22H. The normalized spacial score (nSPS) is 12.1. The fraction of sp³-hybridized carbons (Fsp3) is 0. The van der Waals surface area contributed by atoms with Gasteiger partial charge in [-0.25, -0.2) is 0 Å². The van der Waals surface area contributed by atoms with Crippen molar-refractivity contribution >= 4 is 65.6 Å². The molecular formula is C36H22N2O. The molecule has 0 radical (unpaired) electrons. The van der Waals surface area contributed by atoms with Crippen LogP contribution in [0.4, 0.5) is 0 Å². The van der Waals surface area contributed by atoms with Gasteiger partial charge in [-0.15, -0.1) is 0 Å². The molecule has 3 nitrogen and oxygen atoms in total. The molecule has 0 atom stereocenters.